The van der Waals surface area contributed by atoms with E-state index in [4.69, 9.17) is 9.47 Å². The number of benzene rings is 2. The molecule has 0 spiro atoms. The van der Waals surface area contributed by atoms with Gasteiger partial charge in [-0.25, -0.2) is 27.5 Å². The highest BCUT2D eigenvalue weighted by Gasteiger charge is 2.10. The Hall–Kier alpha value is -2.81. The largest absolute Gasteiger partial charge is 0.436 e. The Morgan fingerprint density at radius 3 is 1.90 bits per heavy atom. The second kappa shape index (κ2) is 13.5. The predicted octanol–water partition coefficient (Wildman–Crippen LogP) is 8.43. The highest BCUT2D eigenvalue weighted by atomic mass is 128. The number of pyridine rings is 2. The number of nitrogens with one attached hydrogen (secondary N) is 2. The van der Waals surface area contributed by atoms with E-state index in [-0.39, 0.29) is 23.3 Å². The zero-order chi connectivity index (χ0) is 27.9. The summed E-state index contributed by atoms with van der Waals surface area (Å²) in [5.74, 6) is -2.63. The summed E-state index contributed by atoms with van der Waals surface area (Å²) in [6.45, 7) is 0. The molecular weight excluding hydrogens is 861 g/mol. The smallest absolute Gasteiger partial charge is 0.221 e. The van der Waals surface area contributed by atoms with Gasteiger partial charge in [-0.1, -0.05) is 0 Å². The molecule has 0 atom stereocenters. The molecule has 0 saturated heterocycles. The van der Waals surface area contributed by atoms with Gasteiger partial charge in [0.15, 0.2) is 23.1 Å². The maximum Gasteiger partial charge on any atom is 0.221 e. The molecule has 4 aromatic heterocycles. The van der Waals surface area contributed by atoms with Gasteiger partial charge >= 0.3 is 0 Å². The van der Waals surface area contributed by atoms with Crippen molar-refractivity contribution < 1.29 is 27.0 Å². The first-order valence-electron chi connectivity index (χ1n) is 10.5. The Balaban J connectivity index is 0.000000170. The maximum absolute atomic E-state index is 13.4. The van der Waals surface area contributed by atoms with Gasteiger partial charge in [0, 0.05) is 79.3 Å². The topological polar surface area (TPSA) is 102 Å². The highest BCUT2D eigenvalue weighted by Crippen LogP contribution is 2.27. The van der Waals surface area contributed by atoms with Crippen LogP contribution in [-0.4, -0.2) is 30.4 Å². The van der Waals surface area contributed by atoms with Crippen LogP contribution in [0.1, 0.15) is 0 Å². The number of aromatic amines is 2. The highest BCUT2D eigenvalue weighted by molar-refractivity contribution is 15.0. The van der Waals surface area contributed by atoms with Gasteiger partial charge in [-0.2, -0.15) is 10.2 Å². The molecule has 0 aliphatic rings. The van der Waals surface area contributed by atoms with Crippen LogP contribution in [0.5, 0.6) is 23.3 Å². The monoisotopic (exact) mass is 874 g/mol. The summed E-state index contributed by atoms with van der Waals surface area (Å²) in [6.07, 6.45) is 4.75. The van der Waals surface area contributed by atoms with Crippen LogP contribution in [0.2, 0.25) is 0 Å². The Morgan fingerprint density at radius 2 is 1.28 bits per heavy atom. The van der Waals surface area contributed by atoms with Crippen LogP contribution in [0.15, 0.2) is 67.1 Å². The molecule has 4 heterocycles. The molecule has 0 fully saturated rings. The van der Waals surface area contributed by atoms with E-state index in [2.05, 4.69) is 90.2 Å². The SMILES string of the molecule is Fc1ccc(Oc2cc3[nH]ncc3cn2)c(F)c1.Fc1ccc(Oc2cc3n[nH]c(I)c3cn2)c(F)c1.II. The summed E-state index contributed by atoms with van der Waals surface area (Å²) in [6, 6.07) is 9.34. The van der Waals surface area contributed by atoms with Crippen LogP contribution in [0.4, 0.5) is 17.6 Å². The lowest BCUT2D eigenvalue weighted by Gasteiger charge is -2.05. The number of ether oxygens (including phenoxy) is 2. The Bertz CT molecular complexity index is 1730. The summed E-state index contributed by atoms with van der Waals surface area (Å²) in [4.78, 5) is 8.05. The van der Waals surface area contributed by atoms with Crippen LogP contribution >= 0.6 is 59.8 Å². The second-order valence-electron chi connectivity index (χ2n) is 7.41. The fourth-order valence-corrected chi connectivity index (χ4v) is 3.66. The minimum absolute atomic E-state index is 0.0808. The van der Waals surface area contributed by atoms with E-state index >= 15 is 0 Å². The van der Waals surface area contributed by atoms with Gasteiger partial charge in [0.2, 0.25) is 11.8 Å². The van der Waals surface area contributed by atoms with E-state index in [0.717, 1.165) is 44.3 Å². The Labute approximate surface area is 254 Å². The number of hydrogen-bond acceptors (Lipinski definition) is 6. The first-order chi connectivity index (χ1) is 18.9. The van der Waals surface area contributed by atoms with Crippen LogP contribution in [0, 0.1) is 27.0 Å². The fourth-order valence-electron chi connectivity index (χ4n) is 3.13. The molecule has 2 N–H and O–H groups in total. The van der Waals surface area contributed by atoms with E-state index in [1.807, 2.05) is 0 Å². The molecule has 0 unspecified atom stereocenters. The van der Waals surface area contributed by atoms with Crippen molar-refractivity contribution in [2.75, 3.05) is 0 Å². The lowest BCUT2D eigenvalue weighted by Crippen LogP contribution is -1.91. The van der Waals surface area contributed by atoms with Gasteiger partial charge in [-0.15, -0.1) is 0 Å². The first kappa shape index (κ1) is 29.2. The van der Waals surface area contributed by atoms with Crippen molar-refractivity contribution in [1.82, 2.24) is 30.4 Å². The number of aromatic nitrogens is 6. The molecule has 0 saturated carbocycles. The normalized spacial score (nSPS) is 10.4. The molecule has 6 rings (SSSR count). The third-order valence-electron chi connectivity index (χ3n) is 4.88. The minimum Gasteiger partial charge on any atom is -0.436 e. The van der Waals surface area contributed by atoms with Gasteiger partial charge in [-0.05, 0) is 46.9 Å². The zero-order valence-corrected chi connectivity index (χ0v) is 25.6. The summed E-state index contributed by atoms with van der Waals surface area (Å²) >= 11 is 6.34. The Morgan fingerprint density at radius 1 is 0.692 bits per heavy atom. The lowest BCUT2D eigenvalue weighted by molar-refractivity contribution is 0.424. The lowest BCUT2D eigenvalue weighted by atomic mass is 10.3. The number of H-pyrrole nitrogens is 2. The van der Waals surface area contributed by atoms with E-state index in [1.54, 1.807) is 30.7 Å². The van der Waals surface area contributed by atoms with Crippen molar-refractivity contribution in [2.24, 2.45) is 0 Å². The molecule has 39 heavy (non-hydrogen) atoms. The van der Waals surface area contributed by atoms with Crippen molar-refractivity contribution in [2.45, 2.75) is 0 Å². The molecule has 6 aromatic rings. The summed E-state index contributed by atoms with van der Waals surface area (Å²) in [5, 5.41) is 15.1. The summed E-state index contributed by atoms with van der Waals surface area (Å²) < 4.78 is 63.7. The first-order valence-corrected chi connectivity index (χ1v) is 17.9. The van der Waals surface area contributed by atoms with Crippen molar-refractivity contribution in [3.8, 4) is 23.3 Å². The average Bonchev–Trinajstić information content (AvgIpc) is 3.55. The number of hydrogen-bond donors (Lipinski definition) is 2. The molecule has 0 aliphatic heterocycles. The fraction of sp³-hybridized carbons (Fsp3) is 0. The molecule has 200 valence electrons. The van der Waals surface area contributed by atoms with E-state index < -0.39 is 23.3 Å². The van der Waals surface area contributed by atoms with Crippen molar-refractivity contribution in [1.29, 1.82) is 0 Å². The molecule has 0 aliphatic carbocycles. The van der Waals surface area contributed by atoms with Gasteiger partial charge < -0.3 is 9.47 Å². The van der Waals surface area contributed by atoms with Crippen LogP contribution in [0.25, 0.3) is 21.8 Å². The minimum atomic E-state index is -0.779. The number of rotatable bonds is 4. The molecule has 0 radical (unpaired) electrons. The average molecular weight is 874 g/mol. The molecular formula is C24H13F4I3N6O2. The molecule has 0 bridgehead atoms. The summed E-state index contributed by atoms with van der Waals surface area (Å²) in [5.41, 5.74) is 1.39. The number of fused-ring (bicyclic) bond motifs is 2. The van der Waals surface area contributed by atoms with Crippen molar-refractivity contribution >= 4 is 81.6 Å². The van der Waals surface area contributed by atoms with Crippen LogP contribution < -0.4 is 9.47 Å². The van der Waals surface area contributed by atoms with Crippen molar-refractivity contribution in [3.05, 3.63) is 94.1 Å². The van der Waals surface area contributed by atoms with Gasteiger partial charge in [0.25, 0.3) is 0 Å². The molecule has 2 aromatic carbocycles. The molecule has 8 nitrogen and oxygen atoms in total. The maximum atomic E-state index is 13.4. The van der Waals surface area contributed by atoms with Crippen LogP contribution in [-0.2, 0) is 0 Å². The number of nitrogens with zero attached hydrogens (tertiary/aromatic N) is 4. The standard InChI is InChI=1S/C12H6F2IN3O.C12H7F2N3O.I2/c13-6-1-2-10(8(14)3-6)19-11-4-9-7(5-16-11)12(15)18-17-9;13-8-1-2-11(9(14)3-8)18-12-4-10-7(5-15-12)6-16-17-10;1-2/h1-5H,(H,17,18);1-6H,(H,16,17);. The van der Waals surface area contributed by atoms with E-state index in [1.165, 1.54) is 12.1 Å². The summed E-state index contributed by atoms with van der Waals surface area (Å²) in [7, 11) is 0. The second-order valence-corrected chi connectivity index (χ2v) is 8.49. The van der Waals surface area contributed by atoms with Crippen molar-refractivity contribution in [3.63, 3.8) is 0 Å². The third kappa shape index (κ3) is 7.44. The molecule has 0 amide bonds. The predicted molar refractivity (Wildman–Crippen MR) is 161 cm³/mol. The van der Waals surface area contributed by atoms with Crippen LogP contribution in [0.3, 0.4) is 0 Å². The number of halogens is 7. The van der Waals surface area contributed by atoms with E-state index in [9.17, 15) is 17.6 Å². The van der Waals surface area contributed by atoms with Gasteiger partial charge in [0.1, 0.15) is 20.9 Å². The van der Waals surface area contributed by atoms with E-state index in [0.29, 0.717) is 5.52 Å². The molecule has 15 heteroatoms. The Kier molecular flexibility index (Phi) is 10.1. The quantitative estimate of drug-likeness (QED) is 0.136. The van der Waals surface area contributed by atoms with Gasteiger partial charge in [-0.3, -0.25) is 10.2 Å². The van der Waals surface area contributed by atoms with Gasteiger partial charge in [0.05, 0.1) is 17.1 Å². The third-order valence-corrected chi connectivity index (χ3v) is 5.71. The zero-order valence-electron chi connectivity index (χ0n) is 19.1.